The zero-order valence-electron chi connectivity index (χ0n) is 12.4. The van der Waals surface area contributed by atoms with Crippen LogP contribution in [0.1, 0.15) is 19.0 Å². The van der Waals surface area contributed by atoms with E-state index in [1.165, 1.54) is 6.42 Å². The predicted octanol–water partition coefficient (Wildman–Crippen LogP) is 2.30. The van der Waals surface area contributed by atoms with Crippen molar-refractivity contribution in [3.63, 3.8) is 0 Å². The molecule has 0 radical (unpaired) electrons. The molecule has 1 heterocycles. The molecule has 20 heavy (non-hydrogen) atoms. The Balaban J connectivity index is 1.83. The van der Waals surface area contributed by atoms with E-state index in [4.69, 9.17) is 0 Å². The van der Waals surface area contributed by atoms with E-state index in [0.717, 1.165) is 37.6 Å². The van der Waals surface area contributed by atoms with Crippen molar-refractivity contribution in [3.05, 3.63) is 48.3 Å². The number of hydrogen-bond acceptors (Lipinski definition) is 3. The van der Waals surface area contributed by atoms with Crippen LogP contribution in [0, 0.1) is 0 Å². The molecule has 0 unspecified atom stereocenters. The summed E-state index contributed by atoms with van der Waals surface area (Å²) in [5.74, 6) is 0. The van der Waals surface area contributed by atoms with E-state index in [-0.39, 0.29) is 0 Å². The summed E-state index contributed by atoms with van der Waals surface area (Å²) in [6.45, 7) is 6.24. The molecule has 2 aromatic rings. The third kappa shape index (κ3) is 4.47. The molecule has 0 spiro atoms. The van der Waals surface area contributed by atoms with E-state index in [1.54, 1.807) is 0 Å². The summed E-state index contributed by atoms with van der Waals surface area (Å²) in [5.41, 5.74) is 2.21. The molecule has 4 heteroatoms. The predicted molar refractivity (Wildman–Crippen MR) is 83.1 cm³/mol. The molecule has 0 aliphatic heterocycles. The molecule has 0 aliphatic rings. The second-order valence-electron chi connectivity index (χ2n) is 5.07. The zero-order valence-corrected chi connectivity index (χ0v) is 12.4. The number of nitrogens with one attached hydrogen (secondary N) is 1. The molecule has 1 aromatic carbocycles. The molecular formula is C16H24N4. The molecule has 108 valence electrons. The van der Waals surface area contributed by atoms with Gasteiger partial charge in [-0.05, 0) is 38.2 Å². The van der Waals surface area contributed by atoms with Crippen molar-refractivity contribution in [3.8, 4) is 5.69 Å². The molecule has 1 N–H and O–H groups in total. The summed E-state index contributed by atoms with van der Waals surface area (Å²) >= 11 is 0. The normalized spacial score (nSPS) is 11.2. The first kappa shape index (κ1) is 14.8. The summed E-state index contributed by atoms with van der Waals surface area (Å²) in [5, 5.41) is 8.03. The maximum Gasteiger partial charge on any atom is 0.0769 e. The van der Waals surface area contributed by atoms with Gasteiger partial charge in [-0.3, -0.25) is 4.90 Å². The summed E-state index contributed by atoms with van der Waals surface area (Å²) in [4.78, 5) is 2.29. The van der Waals surface area contributed by atoms with Crippen LogP contribution in [0.2, 0.25) is 0 Å². The first-order chi connectivity index (χ1) is 9.79. The van der Waals surface area contributed by atoms with Crippen molar-refractivity contribution < 1.29 is 0 Å². The number of aromatic nitrogens is 2. The van der Waals surface area contributed by atoms with Gasteiger partial charge in [0.25, 0.3) is 0 Å². The quantitative estimate of drug-likeness (QED) is 0.749. The Bertz CT molecular complexity index is 492. The van der Waals surface area contributed by atoms with Gasteiger partial charge in [0.2, 0.25) is 0 Å². The smallest absolute Gasteiger partial charge is 0.0769 e. The molecule has 0 aliphatic carbocycles. The van der Waals surface area contributed by atoms with Gasteiger partial charge in [0.1, 0.15) is 0 Å². The number of para-hydroxylation sites is 1. The topological polar surface area (TPSA) is 33.1 Å². The molecule has 2 rings (SSSR count). The number of rotatable bonds is 8. The SMILES string of the molecule is CCCNCCN(C)Cc1ccn(-c2ccccc2)n1. The molecule has 0 atom stereocenters. The lowest BCUT2D eigenvalue weighted by molar-refractivity contribution is 0.320. The maximum absolute atomic E-state index is 4.62. The van der Waals surface area contributed by atoms with Crippen LogP contribution < -0.4 is 5.32 Å². The minimum absolute atomic E-state index is 0.883. The van der Waals surface area contributed by atoms with Crippen molar-refractivity contribution >= 4 is 0 Å². The van der Waals surface area contributed by atoms with E-state index < -0.39 is 0 Å². The largest absolute Gasteiger partial charge is 0.315 e. The zero-order chi connectivity index (χ0) is 14.2. The van der Waals surface area contributed by atoms with Gasteiger partial charge in [0.15, 0.2) is 0 Å². The van der Waals surface area contributed by atoms with Crippen LogP contribution in [0.25, 0.3) is 5.69 Å². The third-order valence-corrected chi connectivity index (χ3v) is 3.19. The lowest BCUT2D eigenvalue weighted by Crippen LogP contribution is -2.29. The second kappa shape index (κ2) is 7.82. The highest BCUT2D eigenvalue weighted by molar-refractivity contribution is 5.30. The minimum Gasteiger partial charge on any atom is -0.315 e. The first-order valence-corrected chi connectivity index (χ1v) is 7.29. The van der Waals surface area contributed by atoms with E-state index >= 15 is 0 Å². The Kier molecular flexibility index (Phi) is 5.77. The highest BCUT2D eigenvalue weighted by atomic mass is 15.3. The molecule has 0 amide bonds. The number of likely N-dealkylation sites (N-methyl/N-ethyl adjacent to an activating group) is 1. The standard InChI is InChI=1S/C16H24N4/c1-3-10-17-11-13-19(2)14-15-9-12-20(18-15)16-7-5-4-6-8-16/h4-9,12,17H,3,10-11,13-14H2,1-2H3. The Morgan fingerprint density at radius 3 is 2.70 bits per heavy atom. The van der Waals surface area contributed by atoms with Gasteiger partial charge < -0.3 is 5.32 Å². The van der Waals surface area contributed by atoms with Crippen LogP contribution >= 0.6 is 0 Å². The van der Waals surface area contributed by atoms with Gasteiger partial charge in [0.05, 0.1) is 11.4 Å². The monoisotopic (exact) mass is 272 g/mol. The first-order valence-electron chi connectivity index (χ1n) is 7.29. The van der Waals surface area contributed by atoms with Crippen molar-refractivity contribution in [1.29, 1.82) is 0 Å². The van der Waals surface area contributed by atoms with Crippen LogP contribution in [-0.2, 0) is 6.54 Å². The van der Waals surface area contributed by atoms with Crippen molar-refractivity contribution in [2.75, 3.05) is 26.7 Å². The van der Waals surface area contributed by atoms with Gasteiger partial charge in [-0.1, -0.05) is 25.1 Å². The van der Waals surface area contributed by atoms with E-state index in [0.29, 0.717) is 0 Å². The van der Waals surface area contributed by atoms with E-state index in [9.17, 15) is 0 Å². The minimum atomic E-state index is 0.883. The Morgan fingerprint density at radius 2 is 1.95 bits per heavy atom. The van der Waals surface area contributed by atoms with Crippen LogP contribution in [0.4, 0.5) is 0 Å². The summed E-state index contributed by atoms with van der Waals surface area (Å²) in [7, 11) is 2.13. The van der Waals surface area contributed by atoms with Gasteiger partial charge in [-0.15, -0.1) is 0 Å². The molecule has 4 nitrogen and oxygen atoms in total. The maximum atomic E-state index is 4.62. The van der Waals surface area contributed by atoms with E-state index in [1.807, 2.05) is 29.1 Å². The van der Waals surface area contributed by atoms with Crippen LogP contribution in [-0.4, -0.2) is 41.4 Å². The van der Waals surface area contributed by atoms with Crippen LogP contribution in [0.3, 0.4) is 0 Å². The van der Waals surface area contributed by atoms with E-state index in [2.05, 4.69) is 47.5 Å². The van der Waals surface area contributed by atoms with Gasteiger partial charge >= 0.3 is 0 Å². The van der Waals surface area contributed by atoms with Crippen molar-refractivity contribution in [2.24, 2.45) is 0 Å². The Morgan fingerprint density at radius 1 is 1.15 bits per heavy atom. The fourth-order valence-corrected chi connectivity index (χ4v) is 2.10. The van der Waals surface area contributed by atoms with Crippen LogP contribution in [0.5, 0.6) is 0 Å². The second-order valence-corrected chi connectivity index (χ2v) is 5.07. The highest BCUT2D eigenvalue weighted by Gasteiger charge is 2.04. The highest BCUT2D eigenvalue weighted by Crippen LogP contribution is 2.07. The summed E-state index contributed by atoms with van der Waals surface area (Å²) < 4.78 is 1.93. The summed E-state index contributed by atoms with van der Waals surface area (Å²) in [6, 6.07) is 12.3. The van der Waals surface area contributed by atoms with Gasteiger partial charge in [-0.2, -0.15) is 5.10 Å². The molecular weight excluding hydrogens is 248 g/mol. The Hall–Kier alpha value is -1.65. The average molecular weight is 272 g/mol. The summed E-state index contributed by atoms with van der Waals surface area (Å²) in [6.07, 6.45) is 3.21. The molecule has 0 saturated carbocycles. The fraction of sp³-hybridized carbons (Fsp3) is 0.438. The molecule has 1 aromatic heterocycles. The van der Waals surface area contributed by atoms with Crippen LogP contribution in [0.15, 0.2) is 42.6 Å². The third-order valence-electron chi connectivity index (χ3n) is 3.19. The fourth-order valence-electron chi connectivity index (χ4n) is 2.10. The van der Waals surface area contributed by atoms with Crippen molar-refractivity contribution in [2.45, 2.75) is 19.9 Å². The molecule has 0 fully saturated rings. The van der Waals surface area contributed by atoms with Crippen molar-refractivity contribution in [1.82, 2.24) is 20.0 Å². The lowest BCUT2D eigenvalue weighted by atomic mass is 10.3. The molecule has 0 bridgehead atoms. The lowest BCUT2D eigenvalue weighted by Gasteiger charge is -2.15. The number of hydrogen-bond donors (Lipinski definition) is 1. The van der Waals surface area contributed by atoms with Gasteiger partial charge in [-0.25, -0.2) is 4.68 Å². The number of benzene rings is 1. The number of nitrogens with zero attached hydrogens (tertiary/aromatic N) is 3. The van der Waals surface area contributed by atoms with Gasteiger partial charge in [0, 0.05) is 25.8 Å². The average Bonchev–Trinajstić information content (AvgIpc) is 2.93. The molecule has 0 saturated heterocycles. The Labute approximate surface area is 121 Å².